The van der Waals surface area contributed by atoms with Gasteiger partial charge in [-0.25, -0.2) is 9.59 Å². The number of alkyl halides is 6. The number of rotatable bonds is 18. The lowest BCUT2D eigenvalue weighted by Gasteiger charge is -2.14. The van der Waals surface area contributed by atoms with Gasteiger partial charge in [0, 0.05) is 32.4 Å². The number of carbonyl (C=O) groups is 6. The van der Waals surface area contributed by atoms with Crippen molar-refractivity contribution in [2.45, 2.75) is 88.6 Å². The molecule has 0 aliphatic heterocycles. The monoisotopic (exact) mass is 807 g/mol. The molecule has 0 bridgehead atoms. The van der Waals surface area contributed by atoms with Gasteiger partial charge in [-0.2, -0.15) is 26.3 Å². The Morgan fingerprint density at radius 2 is 1.34 bits per heavy atom. The van der Waals surface area contributed by atoms with Gasteiger partial charge in [0.15, 0.2) is 0 Å². The van der Waals surface area contributed by atoms with Gasteiger partial charge in [-0.1, -0.05) is 12.1 Å². The van der Waals surface area contributed by atoms with Crippen LogP contribution in [0.15, 0.2) is 29.1 Å². The minimum absolute atomic E-state index is 0.00190. The van der Waals surface area contributed by atoms with Gasteiger partial charge in [0.2, 0.25) is 5.91 Å². The van der Waals surface area contributed by atoms with Gasteiger partial charge in [-0.05, 0) is 60.7 Å². The molecule has 2 unspecified atom stereocenters. The largest absolute Gasteiger partial charge is 0.480 e. The van der Waals surface area contributed by atoms with E-state index in [1.165, 1.54) is 0 Å². The molecule has 56 heavy (non-hydrogen) atoms. The number of nitrogens with one attached hydrogen (secondary N) is 3. The zero-order valence-electron chi connectivity index (χ0n) is 29.5. The summed E-state index contributed by atoms with van der Waals surface area (Å²) in [6, 6.07) is 4.50. The van der Waals surface area contributed by atoms with Gasteiger partial charge in [-0.3, -0.25) is 24.0 Å². The van der Waals surface area contributed by atoms with Crippen LogP contribution < -0.4 is 32.1 Å². The predicted octanol–water partition coefficient (Wildman–Crippen LogP) is 1.23. The summed E-state index contributed by atoms with van der Waals surface area (Å²) >= 11 is 0. The summed E-state index contributed by atoms with van der Waals surface area (Å²) in [5, 5.41) is 30.6. The van der Waals surface area contributed by atoms with Crippen molar-refractivity contribution in [3.63, 3.8) is 0 Å². The van der Waals surface area contributed by atoms with Crippen molar-refractivity contribution in [1.29, 1.82) is 0 Å². The first kappa shape index (κ1) is 49.8. The SMILES string of the molecule is C#CCCC(=O)NC(CCCCNC(=O)C(F)(F)F)C(=O)O.C#CCCC(=O)On1nnc2ccccc2c1=O.NC(CCCCNC(=O)C(F)(F)F)C(=O)O. The first-order valence-electron chi connectivity index (χ1n) is 16.3. The van der Waals surface area contributed by atoms with Crippen molar-refractivity contribution in [1.82, 2.24) is 31.1 Å². The number of hydrogen-bond donors (Lipinski definition) is 6. The Morgan fingerprint density at radius 1 is 0.821 bits per heavy atom. The molecule has 308 valence electrons. The quantitative estimate of drug-likeness (QED) is 0.0537. The minimum Gasteiger partial charge on any atom is -0.480 e. The molecule has 23 heteroatoms. The Labute approximate surface area is 314 Å². The average molecular weight is 808 g/mol. The van der Waals surface area contributed by atoms with E-state index in [2.05, 4.69) is 27.5 Å². The molecule has 0 saturated heterocycles. The molecule has 2 aromatic rings. The molecule has 1 aromatic carbocycles. The number of halogens is 6. The van der Waals surface area contributed by atoms with E-state index >= 15 is 0 Å². The standard InChI is InChI=1S/C13H17F3N2O4.C12H9N3O3.C8H13F3N2O3/c1-2-3-7-10(19)18-9(11(20)21)6-4-5-8-17-12(22)13(14,15)16;1-2-3-8-11(16)18-15-12(17)9-6-4-5-7-10(9)13-14-15;9-8(10,11)7(16)13-4-2-1-3-5(12)6(14)15/h1,9H,3-8H2,(H,17,22)(H,18,19)(H,20,21);1,4-7H,3,8H2;5H,1-4,12H2,(H,13,16)(H,14,15). The summed E-state index contributed by atoms with van der Waals surface area (Å²) in [6.07, 6.45) is 1.82. The Morgan fingerprint density at radius 3 is 1.84 bits per heavy atom. The number of nitrogens with two attached hydrogens (primary N) is 1. The van der Waals surface area contributed by atoms with Crippen LogP contribution in [0.3, 0.4) is 0 Å². The molecule has 2 atom stereocenters. The molecule has 1 heterocycles. The first-order valence-corrected chi connectivity index (χ1v) is 16.3. The summed E-state index contributed by atoms with van der Waals surface area (Å²) in [4.78, 5) is 81.9. The maximum Gasteiger partial charge on any atom is 0.471 e. The highest BCUT2D eigenvalue weighted by molar-refractivity contribution is 5.84. The molecule has 0 radical (unpaired) electrons. The van der Waals surface area contributed by atoms with Crippen molar-refractivity contribution >= 4 is 46.5 Å². The molecule has 0 spiro atoms. The molecule has 0 saturated carbocycles. The smallest absolute Gasteiger partial charge is 0.471 e. The Balaban J connectivity index is 0.000000821. The Hall–Kier alpha value is -6.23. The average Bonchev–Trinajstić information content (AvgIpc) is 3.12. The number of unbranched alkanes of at least 4 members (excludes halogenated alkanes) is 2. The normalized spacial score (nSPS) is 11.7. The van der Waals surface area contributed by atoms with E-state index in [1.807, 2.05) is 0 Å². The number of terminal acetylenes is 2. The lowest BCUT2D eigenvalue weighted by Crippen LogP contribution is -2.41. The summed E-state index contributed by atoms with van der Waals surface area (Å²) in [7, 11) is 0. The number of amides is 3. The van der Waals surface area contributed by atoms with E-state index < -0.39 is 65.6 Å². The highest BCUT2D eigenvalue weighted by atomic mass is 19.4. The van der Waals surface area contributed by atoms with Gasteiger partial charge in [0.1, 0.15) is 17.6 Å². The third-order valence-electron chi connectivity index (χ3n) is 6.60. The second-order valence-electron chi connectivity index (χ2n) is 11.1. The zero-order chi connectivity index (χ0) is 42.9. The minimum atomic E-state index is -4.94. The number of benzene rings is 1. The number of aliphatic carboxylic acids is 2. The van der Waals surface area contributed by atoms with Crippen LogP contribution in [0.1, 0.15) is 64.2 Å². The van der Waals surface area contributed by atoms with E-state index in [0.717, 1.165) is 0 Å². The molecule has 2 rings (SSSR count). The Bertz CT molecular complexity index is 1770. The van der Waals surface area contributed by atoms with Crippen LogP contribution in [0.2, 0.25) is 0 Å². The molecule has 3 amide bonds. The van der Waals surface area contributed by atoms with E-state index in [1.54, 1.807) is 34.9 Å². The lowest BCUT2D eigenvalue weighted by atomic mass is 10.1. The maximum absolute atomic E-state index is 11.9. The third kappa shape index (κ3) is 21.5. The van der Waals surface area contributed by atoms with E-state index in [9.17, 15) is 59.9 Å². The summed E-state index contributed by atoms with van der Waals surface area (Å²) in [5.74, 6) is -3.01. The number of fused-ring (bicyclic) bond motifs is 1. The highest BCUT2D eigenvalue weighted by Gasteiger charge is 2.38. The number of hydrogen-bond acceptors (Lipinski definition) is 11. The van der Waals surface area contributed by atoms with Gasteiger partial charge in [0.05, 0.1) is 11.8 Å². The van der Waals surface area contributed by atoms with Crippen molar-refractivity contribution in [3.05, 3.63) is 34.6 Å². The topological polar surface area (TPSA) is 262 Å². The summed E-state index contributed by atoms with van der Waals surface area (Å²) < 4.78 is 70.7. The molecule has 0 aliphatic carbocycles. The second kappa shape index (κ2) is 25.7. The van der Waals surface area contributed by atoms with Crippen LogP contribution in [0, 0.1) is 24.7 Å². The molecule has 17 nitrogen and oxygen atoms in total. The first-order chi connectivity index (χ1) is 26.1. The fourth-order valence-electron chi connectivity index (χ4n) is 3.75. The van der Waals surface area contributed by atoms with Crippen molar-refractivity contribution in [3.8, 4) is 24.7 Å². The molecule has 7 N–H and O–H groups in total. The molecule has 0 aliphatic rings. The van der Waals surface area contributed by atoms with Gasteiger partial charge >= 0.3 is 47.6 Å². The third-order valence-corrected chi connectivity index (χ3v) is 6.60. The van der Waals surface area contributed by atoms with Crippen LogP contribution >= 0.6 is 0 Å². The highest BCUT2D eigenvalue weighted by Crippen LogP contribution is 2.15. The van der Waals surface area contributed by atoms with Crippen LogP contribution in [0.4, 0.5) is 26.3 Å². The number of carbonyl (C=O) groups excluding carboxylic acids is 4. The fourth-order valence-corrected chi connectivity index (χ4v) is 3.75. The number of carboxylic acid groups (broad SMARTS) is 2. The Kier molecular flexibility index (Phi) is 22.9. The molecule has 0 fully saturated rings. The zero-order valence-corrected chi connectivity index (χ0v) is 29.5. The van der Waals surface area contributed by atoms with E-state index in [4.69, 9.17) is 33.6 Å². The van der Waals surface area contributed by atoms with Crippen LogP contribution in [-0.2, 0) is 28.8 Å². The van der Waals surface area contributed by atoms with Crippen LogP contribution in [-0.4, -0.2) is 98.5 Å². The van der Waals surface area contributed by atoms with Gasteiger partial charge in [0.25, 0.3) is 0 Å². The molecular formula is C33H39F6N7O10. The number of nitrogens with zero attached hydrogens (tertiary/aromatic N) is 3. The maximum atomic E-state index is 11.9. The molecule has 1 aromatic heterocycles. The van der Waals surface area contributed by atoms with Gasteiger partial charge in [-0.15, -0.1) is 29.8 Å². The van der Waals surface area contributed by atoms with Crippen molar-refractivity contribution in [2.75, 3.05) is 13.1 Å². The van der Waals surface area contributed by atoms with Crippen LogP contribution in [0.5, 0.6) is 0 Å². The lowest BCUT2D eigenvalue weighted by molar-refractivity contribution is -0.173. The van der Waals surface area contributed by atoms with Crippen molar-refractivity contribution < 1.29 is 70.2 Å². The predicted molar refractivity (Wildman–Crippen MR) is 183 cm³/mol. The number of carboxylic acids is 2. The second-order valence-corrected chi connectivity index (χ2v) is 11.1. The van der Waals surface area contributed by atoms with E-state index in [-0.39, 0.29) is 70.9 Å². The van der Waals surface area contributed by atoms with Crippen LogP contribution in [0.25, 0.3) is 10.9 Å². The summed E-state index contributed by atoms with van der Waals surface area (Å²) in [5.41, 5.74) is 5.07. The van der Waals surface area contributed by atoms with Gasteiger partial charge < -0.3 is 36.7 Å². The molecular weight excluding hydrogens is 768 g/mol. The number of aromatic nitrogens is 3. The summed E-state index contributed by atoms with van der Waals surface area (Å²) in [6.45, 7) is -0.375. The fraction of sp³-hybridized carbons (Fsp3) is 0.485. The van der Waals surface area contributed by atoms with Crippen molar-refractivity contribution in [2.24, 2.45) is 5.73 Å². The van der Waals surface area contributed by atoms with E-state index in [0.29, 0.717) is 22.2 Å².